The molecule has 0 saturated heterocycles. The third-order valence-electron chi connectivity index (χ3n) is 22.4. The first-order chi connectivity index (χ1) is 51.5. The quantitative estimate of drug-likeness (QED) is 0.165. The molecule has 0 unspecified atom stereocenters. The van der Waals surface area contributed by atoms with E-state index in [1.807, 2.05) is 24.3 Å². The molecule has 24 aromatic rings. The maximum absolute atomic E-state index is 6.54. The van der Waals surface area contributed by atoms with Crippen molar-refractivity contribution in [3.05, 3.63) is 340 Å². The summed E-state index contributed by atoms with van der Waals surface area (Å²) in [7, 11) is 0. The van der Waals surface area contributed by atoms with Crippen LogP contribution in [0.3, 0.4) is 0 Å². The fourth-order valence-corrected chi connectivity index (χ4v) is 17.7. The minimum Gasteiger partial charge on any atom is -0.456 e. The van der Waals surface area contributed by atoms with Gasteiger partial charge in [-0.2, -0.15) is 0 Å². The van der Waals surface area contributed by atoms with Gasteiger partial charge in [0.05, 0.1) is 0 Å². The molecule has 4 heteroatoms. The zero-order valence-electron chi connectivity index (χ0n) is 56.0. The van der Waals surface area contributed by atoms with Gasteiger partial charge >= 0.3 is 0 Å². The van der Waals surface area contributed by atoms with Crippen molar-refractivity contribution in [1.29, 1.82) is 0 Å². The molecular formula is C100H56O4. The van der Waals surface area contributed by atoms with Crippen molar-refractivity contribution < 1.29 is 17.7 Å². The topological polar surface area (TPSA) is 52.6 Å². The Bertz CT molecular complexity index is 7330. The van der Waals surface area contributed by atoms with Gasteiger partial charge in [-0.3, -0.25) is 0 Å². The van der Waals surface area contributed by atoms with Gasteiger partial charge in [0.1, 0.15) is 44.7 Å². The van der Waals surface area contributed by atoms with Gasteiger partial charge in [-0.1, -0.05) is 243 Å². The Kier molecular flexibility index (Phi) is 12.0. The van der Waals surface area contributed by atoms with Gasteiger partial charge in [-0.15, -0.1) is 0 Å². The van der Waals surface area contributed by atoms with Crippen LogP contribution in [0.25, 0.3) is 240 Å². The molecule has 104 heavy (non-hydrogen) atoms. The Morgan fingerprint density at radius 2 is 0.327 bits per heavy atom. The molecule has 0 amide bonds. The molecular weight excluding hydrogens is 1270 g/mol. The molecule has 4 heterocycles. The van der Waals surface area contributed by atoms with Crippen molar-refractivity contribution in [2.24, 2.45) is 0 Å². The molecule has 0 bridgehead atoms. The van der Waals surface area contributed by atoms with Crippen molar-refractivity contribution in [3.63, 3.8) is 0 Å². The molecule has 0 spiro atoms. The minimum atomic E-state index is 0.859. The monoisotopic (exact) mass is 1320 g/mol. The van der Waals surface area contributed by atoms with Crippen molar-refractivity contribution >= 4 is 195 Å². The highest BCUT2D eigenvalue weighted by Gasteiger charge is 2.23. The van der Waals surface area contributed by atoms with Crippen molar-refractivity contribution in [1.82, 2.24) is 0 Å². The van der Waals surface area contributed by atoms with Crippen LogP contribution in [0.5, 0.6) is 0 Å². The number of furan rings is 4. The van der Waals surface area contributed by atoms with Gasteiger partial charge in [-0.25, -0.2) is 0 Å². The summed E-state index contributed by atoms with van der Waals surface area (Å²) in [5.74, 6) is 0. The van der Waals surface area contributed by atoms with Crippen LogP contribution >= 0.6 is 0 Å². The summed E-state index contributed by atoms with van der Waals surface area (Å²) in [5, 5.41) is 34.1. The number of fused-ring (bicyclic) bond motifs is 32. The lowest BCUT2D eigenvalue weighted by molar-refractivity contribution is 0.663. The lowest BCUT2D eigenvalue weighted by Crippen LogP contribution is -1.85. The number of hydrogen-bond donors (Lipinski definition) is 0. The molecule has 4 nitrogen and oxygen atoms in total. The summed E-state index contributed by atoms with van der Waals surface area (Å²) < 4.78 is 26.1. The second kappa shape index (κ2) is 21.9. The predicted molar refractivity (Wildman–Crippen MR) is 439 cm³/mol. The first kappa shape index (κ1) is 57.0. The van der Waals surface area contributed by atoms with Gasteiger partial charge in [0.2, 0.25) is 0 Å². The van der Waals surface area contributed by atoms with Crippen molar-refractivity contribution in [2.45, 2.75) is 0 Å². The van der Waals surface area contributed by atoms with Crippen LogP contribution in [0.1, 0.15) is 0 Å². The first-order valence-electron chi connectivity index (χ1n) is 35.7. The first-order valence-corrected chi connectivity index (χ1v) is 35.7. The van der Waals surface area contributed by atoms with E-state index in [9.17, 15) is 0 Å². The van der Waals surface area contributed by atoms with E-state index in [0.717, 1.165) is 98.9 Å². The van der Waals surface area contributed by atoms with E-state index in [-0.39, 0.29) is 0 Å². The summed E-state index contributed by atoms with van der Waals surface area (Å²) in [5.41, 5.74) is 16.4. The molecule has 4 aromatic heterocycles. The SMILES string of the molecule is c1ccc2c(c1)c1ccccc1c1cc(-c3ccc4oc5ccc6oc7ccc(-c8ccc9c%10ccccc%10c%10ccccc%10c9c8)cc7c6c5c4c3)ccc21.c1ccc2c(c1)cc(-c1ccc3oc4ccc5oc6ccc(-c7cc8ccccc8c8ccccc78)cc6c5c4c3c1)c1ccccc12. The third-order valence-corrected chi connectivity index (χ3v) is 22.4. The Labute approximate surface area is 593 Å². The summed E-state index contributed by atoms with van der Waals surface area (Å²) in [4.78, 5) is 0. The van der Waals surface area contributed by atoms with E-state index in [1.54, 1.807) is 0 Å². The molecule has 0 fully saturated rings. The van der Waals surface area contributed by atoms with Gasteiger partial charge in [0.25, 0.3) is 0 Å². The molecule has 0 N–H and O–H groups in total. The molecule has 20 aromatic carbocycles. The maximum atomic E-state index is 6.54. The van der Waals surface area contributed by atoms with E-state index in [4.69, 9.17) is 17.7 Å². The summed E-state index contributed by atoms with van der Waals surface area (Å²) in [6, 6.07) is 123. The normalized spacial score (nSPS) is 12.2. The van der Waals surface area contributed by atoms with Crippen LogP contribution in [0.4, 0.5) is 0 Å². The second-order valence-corrected chi connectivity index (χ2v) is 28.0. The molecule has 0 aliphatic carbocycles. The Morgan fingerprint density at radius 1 is 0.125 bits per heavy atom. The van der Waals surface area contributed by atoms with Gasteiger partial charge in [-0.05, 0) is 249 Å². The van der Waals surface area contributed by atoms with Gasteiger partial charge in [0.15, 0.2) is 0 Å². The van der Waals surface area contributed by atoms with Crippen molar-refractivity contribution in [3.8, 4) is 44.5 Å². The van der Waals surface area contributed by atoms with Crippen LogP contribution in [0, 0.1) is 0 Å². The average Bonchev–Trinajstić information content (AvgIpc) is 1.51. The molecule has 0 atom stereocenters. The highest BCUT2D eigenvalue weighted by atomic mass is 16.3. The standard InChI is InChI=1S/C54H30O2.C46H26O2/c1-3-13-39-35(9-1)37-11-5-7-15-41(37)45-27-31(17-21-43(39)45)33-19-23-49-47(29-33)53-51(55-49)25-26-52-54(53)48-30-34(20-24-50(48)56-52)32-18-22-44-40-14-4-2-10-36(40)38-12-6-8-16-42(38)46(44)28-32;1-3-11-31-27(9-1)23-37(35-15-7-5-13-33(31)35)29-17-19-41-39(25-29)45-43(47-41)21-22-44-46(45)40-26-30(18-20-42(40)48-44)38-24-28-10-2-4-12-32(28)34-14-6-8-16-36(34)38/h1-30H;1-26H. The summed E-state index contributed by atoms with van der Waals surface area (Å²) in [6.07, 6.45) is 0. The van der Waals surface area contributed by atoms with Crippen LogP contribution in [-0.4, -0.2) is 0 Å². The largest absolute Gasteiger partial charge is 0.456 e. The lowest BCUT2D eigenvalue weighted by atomic mass is 9.91. The van der Waals surface area contributed by atoms with E-state index in [2.05, 4.69) is 315 Å². The molecule has 0 radical (unpaired) electrons. The van der Waals surface area contributed by atoms with E-state index < -0.39 is 0 Å². The van der Waals surface area contributed by atoms with E-state index in [0.29, 0.717) is 0 Å². The fraction of sp³-hybridized carbons (Fsp3) is 0. The molecule has 0 aliphatic heterocycles. The van der Waals surface area contributed by atoms with E-state index in [1.165, 1.54) is 141 Å². The summed E-state index contributed by atoms with van der Waals surface area (Å²) in [6.45, 7) is 0. The third kappa shape index (κ3) is 8.42. The Morgan fingerprint density at radius 3 is 0.635 bits per heavy atom. The van der Waals surface area contributed by atoms with E-state index >= 15 is 0 Å². The van der Waals surface area contributed by atoms with Crippen LogP contribution in [-0.2, 0) is 0 Å². The second-order valence-electron chi connectivity index (χ2n) is 28.0. The fourth-order valence-electron chi connectivity index (χ4n) is 17.7. The highest BCUT2D eigenvalue weighted by Crippen LogP contribution is 2.48. The lowest BCUT2D eigenvalue weighted by Gasteiger charge is -2.12. The average molecular weight is 1320 g/mol. The highest BCUT2D eigenvalue weighted by molar-refractivity contribution is 6.31. The van der Waals surface area contributed by atoms with Crippen LogP contribution < -0.4 is 0 Å². The minimum absolute atomic E-state index is 0.859. The molecule has 0 aliphatic rings. The maximum Gasteiger partial charge on any atom is 0.136 e. The molecule has 0 saturated carbocycles. The van der Waals surface area contributed by atoms with Crippen LogP contribution in [0.2, 0.25) is 0 Å². The Hall–Kier alpha value is -13.8. The molecule has 480 valence electrons. The van der Waals surface area contributed by atoms with Gasteiger partial charge < -0.3 is 17.7 Å². The summed E-state index contributed by atoms with van der Waals surface area (Å²) >= 11 is 0. The Balaban J connectivity index is 0.000000129. The number of rotatable bonds is 4. The molecule has 24 rings (SSSR count). The van der Waals surface area contributed by atoms with Crippen LogP contribution in [0.15, 0.2) is 357 Å². The van der Waals surface area contributed by atoms with Gasteiger partial charge in [0, 0.05) is 43.1 Å². The number of benzene rings is 20. The zero-order chi connectivity index (χ0) is 67.8. The van der Waals surface area contributed by atoms with Crippen molar-refractivity contribution in [2.75, 3.05) is 0 Å². The predicted octanol–water partition coefficient (Wildman–Crippen LogP) is 29.2. The zero-order valence-corrected chi connectivity index (χ0v) is 56.0. The number of hydrogen-bond acceptors (Lipinski definition) is 4. The smallest absolute Gasteiger partial charge is 0.136 e.